The molecule has 0 bridgehead atoms. The molecule has 0 amide bonds. The van der Waals surface area contributed by atoms with Crippen molar-refractivity contribution in [3.63, 3.8) is 0 Å². The van der Waals surface area contributed by atoms with Crippen molar-refractivity contribution in [3.05, 3.63) is 30.1 Å². The highest BCUT2D eigenvalue weighted by molar-refractivity contribution is 7.93. The average Bonchev–Trinajstić information content (AvgIpc) is 2.21. The van der Waals surface area contributed by atoms with E-state index in [0.717, 1.165) is 4.31 Å². The van der Waals surface area contributed by atoms with Gasteiger partial charge in [-0.1, -0.05) is 12.1 Å². The first kappa shape index (κ1) is 13.0. The monoisotopic (exact) mass is 245 g/mol. The van der Waals surface area contributed by atoms with Gasteiger partial charge in [0.15, 0.2) is 0 Å². The minimum atomic E-state index is -3.47. The quantitative estimate of drug-likeness (QED) is 0.816. The number of hydrogen-bond acceptors (Lipinski definition) is 2. The van der Waals surface area contributed by atoms with Crippen LogP contribution in [0.1, 0.15) is 20.8 Å². The van der Waals surface area contributed by atoms with E-state index in [1.165, 1.54) is 18.2 Å². The van der Waals surface area contributed by atoms with Gasteiger partial charge in [-0.2, -0.15) is 0 Å². The first-order valence-corrected chi connectivity index (χ1v) is 6.67. The van der Waals surface area contributed by atoms with E-state index in [2.05, 4.69) is 0 Å². The molecule has 1 rings (SSSR count). The molecule has 0 saturated heterocycles. The molecule has 0 N–H and O–H groups in total. The topological polar surface area (TPSA) is 37.4 Å². The summed E-state index contributed by atoms with van der Waals surface area (Å²) in [5.74, 6) is -0.520. The summed E-state index contributed by atoms with van der Waals surface area (Å²) >= 11 is 0. The molecular formula is C11H16FNO2S. The second kappa shape index (κ2) is 4.82. The van der Waals surface area contributed by atoms with Gasteiger partial charge in [0, 0.05) is 6.54 Å². The van der Waals surface area contributed by atoms with Crippen LogP contribution in [0, 0.1) is 5.82 Å². The fourth-order valence-electron chi connectivity index (χ4n) is 1.40. The van der Waals surface area contributed by atoms with E-state index in [1.54, 1.807) is 26.8 Å². The molecule has 0 aliphatic carbocycles. The molecular weight excluding hydrogens is 229 g/mol. The summed E-state index contributed by atoms with van der Waals surface area (Å²) in [5.41, 5.74) is 0.110. The molecule has 0 radical (unpaired) electrons. The lowest BCUT2D eigenvalue weighted by molar-refractivity contribution is 0.578. The van der Waals surface area contributed by atoms with Crippen LogP contribution in [0.5, 0.6) is 0 Å². The van der Waals surface area contributed by atoms with Crippen molar-refractivity contribution in [1.82, 2.24) is 0 Å². The van der Waals surface area contributed by atoms with Gasteiger partial charge in [0.1, 0.15) is 5.82 Å². The molecule has 0 saturated carbocycles. The third-order valence-electron chi connectivity index (χ3n) is 2.31. The highest BCUT2D eigenvalue weighted by Crippen LogP contribution is 2.23. The van der Waals surface area contributed by atoms with Gasteiger partial charge >= 0.3 is 0 Å². The van der Waals surface area contributed by atoms with Crippen LogP contribution in [0.3, 0.4) is 0 Å². The van der Waals surface area contributed by atoms with E-state index in [9.17, 15) is 12.8 Å². The maximum Gasteiger partial charge on any atom is 0.237 e. The lowest BCUT2D eigenvalue weighted by Gasteiger charge is -2.25. The summed E-state index contributed by atoms with van der Waals surface area (Å²) in [6.45, 7) is 5.07. The van der Waals surface area contributed by atoms with Gasteiger partial charge in [0.05, 0.1) is 10.9 Å². The molecule has 1 aromatic carbocycles. The summed E-state index contributed by atoms with van der Waals surface area (Å²) in [4.78, 5) is 0. The Balaban J connectivity index is 3.25. The maximum atomic E-state index is 13.5. The van der Waals surface area contributed by atoms with Gasteiger partial charge in [-0.15, -0.1) is 0 Å². The van der Waals surface area contributed by atoms with Crippen LogP contribution in [0.25, 0.3) is 0 Å². The maximum absolute atomic E-state index is 13.5. The molecule has 3 nitrogen and oxygen atoms in total. The normalized spacial score (nSPS) is 11.8. The standard InChI is InChI=1S/C11H16FNO2S/c1-4-13(16(14,15)9(2)3)11-8-6-5-7-10(11)12/h5-9H,4H2,1-3H3. The van der Waals surface area contributed by atoms with Gasteiger partial charge in [-0.25, -0.2) is 12.8 Å². The predicted octanol–water partition coefficient (Wildman–Crippen LogP) is 2.39. The Morgan fingerprint density at radius 1 is 1.31 bits per heavy atom. The van der Waals surface area contributed by atoms with Crippen LogP contribution >= 0.6 is 0 Å². The van der Waals surface area contributed by atoms with E-state index in [4.69, 9.17) is 0 Å². The van der Waals surface area contributed by atoms with E-state index < -0.39 is 21.1 Å². The SMILES string of the molecule is CCN(c1ccccc1F)S(=O)(=O)C(C)C. The first-order valence-electron chi connectivity index (χ1n) is 5.17. The molecule has 0 aromatic heterocycles. The van der Waals surface area contributed by atoms with Gasteiger partial charge < -0.3 is 0 Å². The number of hydrogen-bond donors (Lipinski definition) is 0. The molecule has 0 unspecified atom stereocenters. The van der Waals surface area contributed by atoms with Crippen molar-refractivity contribution in [1.29, 1.82) is 0 Å². The summed E-state index contributed by atoms with van der Waals surface area (Å²) in [7, 11) is -3.47. The Labute approximate surface area is 95.9 Å². The van der Waals surface area contributed by atoms with Crippen molar-refractivity contribution >= 4 is 15.7 Å². The number of halogens is 1. The van der Waals surface area contributed by atoms with Crippen molar-refractivity contribution in [2.45, 2.75) is 26.0 Å². The largest absolute Gasteiger partial charge is 0.267 e. The first-order chi connectivity index (χ1) is 7.41. The number of anilines is 1. The third-order valence-corrected chi connectivity index (χ3v) is 4.57. The smallest absolute Gasteiger partial charge is 0.237 e. The Kier molecular flexibility index (Phi) is 3.91. The molecule has 90 valence electrons. The van der Waals surface area contributed by atoms with E-state index >= 15 is 0 Å². The van der Waals surface area contributed by atoms with Crippen molar-refractivity contribution < 1.29 is 12.8 Å². The van der Waals surface area contributed by atoms with Crippen molar-refractivity contribution in [2.75, 3.05) is 10.8 Å². The van der Waals surface area contributed by atoms with Gasteiger partial charge in [-0.3, -0.25) is 4.31 Å². The van der Waals surface area contributed by atoms with Crippen molar-refractivity contribution in [2.24, 2.45) is 0 Å². The zero-order valence-electron chi connectivity index (χ0n) is 9.64. The van der Waals surface area contributed by atoms with Crippen LogP contribution < -0.4 is 4.31 Å². The molecule has 1 aromatic rings. The predicted molar refractivity (Wildman–Crippen MR) is 63.5 cm³/mol. The van der Waals surface area contributed by atoms with Gasteiger partial charge in [0.2, 0.25) is 10.0 Å². The summed E-state index contributed by atoms with van der Waals surface area (Å²) in [6, 6.07) is 5.89. The molecule has 16 heavy (non-hydrogen) atoms. The van der Waals surface area contributed by atoms with Crippen molar-refractivity contribution in [3.8, 4) is 0 Å². The second-order valence-electron chi connectivity index (χ2n) is 3.71. The van der Waals surface area contributed by atoms with Gasteiger partial charge in [-0.05, 0) is 32.9 Å². The fourth-order valence-corrected chi connectivity index (χ4v) is 2.69. The summed E-state index contributed by atoms with van der Waals surface area (Å²) in [5, 5.41) is -0.563. The zero-order valence-corrected chi connectivity index (χ0v) is 10.5. The molecule has 5 heteroatoms. The number of benzene rings is 1. The number of rotatable bonds is 4. The molecule has 0 heterocycles. The van der Waals surface area contributed by atoms with Crippen LogP contribution in [0.15, 0.2) is 24.3 Å². The Hall–Kier alpha value is -1.10. The summed E-state index contributed by atoms with van der Waals surface area (Å²) < 4.78 is 38.6. The molecule has 0 atom stereocenters. The highest BCUT2D eigenvalue weighted by atomic mass is 32.2. The summed E-state index contributed by atoms with van der Waals surface area (Å²) in [6.07, 6.45) is 0. The molecule has 0 spiro atoms. The molecule has 0 aliphatic rings. The molecule has 0 fully saturated rings. The Morgan fingerprint density at radius 3 is 2.31 bits per heavy atom. The van der Waals surface area contributed by atoms with E-state index in [1.807, 2.05) is 0 Å². The highest BCUT2D eigenvalue weighted by Gasteiger charge is 2.26. The Morgan fingerprint density at radius 2 is 1.88 bits per heavy atom. The minimum absolute atomic E-state index is 0.110. The number of nitrogens with zero attached hydrogens (tertiary/aromatic N) is 1. The zero-order chi connectivity index (χ0) is 12.3. The number of para-hydroxylation sites is 1. The Bertz CT molecular complexity index is 457. The fraction of sp³-hybridized carbons (Fsp3) is 0.455. The second-order valence-corrected chi connectivity index (χ2v) is 6.12. The van der Waals surface area contributed by atoms with E-state index in [0.29, 0.717) is 0 Å². The van der Waals surface area contributed by atoms with E-state index in [-0.39, 0.29) is 12.2 Å². The van der Waals surface area contributed by atoms with Crippen LogP contribution in [-0.4, -0.2) is 20.2 Å². The molecule has 0 aliphatic heterocycles. The van der Waals surface area contributed by atoms with Crippen LogP contribution in [-0.2, 0) is 10.0 Å². The van der Waals surface area contributed by atoms with Crippen LogP contribution in [0.4, 0.5) is 10.1 Å². The van der Waals surface area contributed by atoms with Crippen LogP contribution in [0.2, 0.25) is 0 Å². The lowest BCUT2D eigenvalue weighted by atomic mass is 10.3. The number of sulfonamides is 1. The third kappa shape index (κ3) is 2.35. The van der Waals surface area contributed by atoms with Gasteiger partial charge in [0.25, 0.3) is 0 Å². The average molecular weight is 245 g/mol. The minimum Gasteiger partial charge on any atom is -0.267 e. The lowest BCUT2D eigenvalue weighted by Crippen LogP contribution is -2.36.